The lowest BCUT2D eigenvalue weighted by molar-refractivity contribution is -0.120. The number of nitrogens with one attached hydrogen (secondary N) is 1. The fourth-order valence-electron chi connectivity index (χ4n) is 3.71. The van der Waals surface area contributed by atoms with Crippen molar-refractivity contribution in [3.05, 3.63) is 39.9 Å². The van der Waals surface area contributed by atoms with E-state index in [-0.39, 0.29) is 34.8 Å². The van der Waals surface area contributed by atoms with E-state index >= 15 is 0 Å². The van der Waals surface area contributed by atoms with Crippen molar-refractivity contribution < 1.29 is 14.4 Å². The highest BCUT2D eigenvalue weighted by Gasteiger charge is 2.29. The van der Waals surface area contributed by atoms with Crippen molar-refractivity contribution in [2.45, 2.75) is 52.0 Å². The molecule has 0 atom stereocenters. The van der Waals surface area contributed by atoms with Crippen molar-refractivity contribution in [1.82, 2.24) is 9.69 Å². The van der Waals surface area contributed by atoms with Gasteiger partial charge in [0, 0.05) is 11.7 Å². The van der Waals surface area contributed by atoms with Crippen LogP contribution in [-0.4, -0.2) is 34.7 Å². The number of amides is 3. The van der Waals surface area contributed by atoms with Crippen LogP contribution in [0, 0.1) is 13.8 Å². The summed E-state index contributed by atoms with van der Waals surface area (Å²) < 4.78 is 3.92. The van der Waals surface area contributed by atoms with Gasteiger partial charge in [-0.05, 0) is 55.4 Å². The van der Waals surface area contributed by atoms with Gasteiger partial charge in [0.2, 0.25) is 5.91 Å². The molecule has 0 aliphatic heterocycles. The summed E-state index contributed by atoms with van der Waals surface area (Å²) in [6, 6.07) is 5.70. The van der Waals surface area contributed by atoms with Crippen molar-refractivity contribution >= 4 is 40.6 Å². The van der Waals surface area contributed by atoms with E-state index in [1.54, 1.807) is 6.07 Å². The van der Waals surface area contributed by atoms with Crippen LogP contribution in [-0.2, 0) is 4.79 Å². The molecular weight excluding hydrogens is 402 g/mol. The summed E-state index contributed by atoms with van der Waals surface area (Å²) >= 11 is 0.810. The third-order valence-electron chi connectivity index (χ3n) is 5.54. The lowest BCUT2D eigenvalue weighted by Crippen LogP contribution is -2.45. The lowest BCUT2D eigenvalue weighted by Gasteiger charge is -2.27. The first-order valence-electron chi connectivity index (χ1n) is 10.0. The van der Waals surface area contributed by atoms with Crippen molar-refractivity contribution in [2.24, 2.45) is 5.73 Å². The Kier molecular flexibility index (Phi) is 6.71. The monoisotopic (exact) mass is 429 g/mol. The quantitative estimate of drug-likeness (QED) is 0.649. The van der Waals surface area contributed by atoms with Gasteiger partial charge in [0.25, 0.3) is 11.8 Å². The normalized spacial score (nSPS) is 14.3. The second kappa shape index (κ2) is 9.25. The Labute approximate surface area is 179 Å². The van der Waals surface area contributed by atoms with Crippen LogP contribution in [0.15, 0.2) is 18.2 Å². The van der Waals surface area contributed by atoms with Crippen LogP contribution in [0.4, 0.5) is 11.4 Å². The van der Waals surface area contributed by atoms with E-state index in [0.717, 1.165) is 48.3 Å². The van der Waals surface area contributed by atoms with Gasteiger partial charge in [-0.15, -0.1) is 0 Å². The molecule has 1 aromatic heterocycles. The zero-order valence-corrected chi connectivity index (χ0v) is 18.1. The summed E-state index contributed by atoms with van der Waals surface area (Å²) in [6.07, 6.45) is 5.28. The molecule has 1 saturated carbocycles. The molecule has 2 aromatic rings. The third-order valence-corrected chi connectivity index (χ3v) is 6.39. The van der Waals surface area contributed by atoms with E-state index < -0.39 is 11.8 Å². The van der Waals surface area contributed by atoms with Crippen LogP contribution in [0.2, 0.25) is 0 Å². The number of anilines is 2. The van der Waals surface area contributed by atoms with Crippen LogP contribution in [0.25, 0.3) is 0 Å². The van der Waals surface area contributed by atoms with Crippen molar-refractivity contribution in [1.29, 1.82) is 0 Å². The maximum absolute atomic E-state index is 13.4. The largest absolute Gasteiger partial charge is 0.395 e. The van der Waals surface area contributed by atoms with Crippen LogP contribution in [0.1, 0.15) is 63.4 Å². The minimum Gasteiger partial charge on any atom is -0.395 e. The third kappa shape index (κ3) is 4.62. The maximum atomic E-state index is 13.4. The molecule has 0 bridgehead atoms. The molecule has 8 nitrogen and oxygen atoms in total. The first-order chi connectivity index (χ1) is 14.3. The van der Waals surface area contributed by atoms with Gasteiger partial charge in [-0.2, -0.15) is 4.37 Å². The molecule has 3 amide bonds. The Morgan fingerprint density at radius 1 is 1.20 bits per heavy atom. The van der Waals surface area contributed by atoms with Gasteiger partial charge in [0.1, 0.15) is 11.4 Å². The number of hydrogen-bond donors (Lipinski definition) is 3. The molecular formula is C21H27N5O3S. The zero-order valence-electron chi connectivity index (χ0n) is 17.2. The number of rotatable bonds is 6. The molecule has 1 aliphatic carbocycles. The van der Waals surface area contributed by atoms with Crippen LogP contribution < -0.4 is 21.7 Å². The fourth-order valence-corrected chi connectivity index (χ4v) is 4.46. The minimum absolute atomic E-state index is 0.0551. The summed E-state index contributed by atoms with van der Waals surface area (Å²) in [5.74, 6) is -1.50. The topological polar surface area (TPSA) is 131 Å². The summed E-state index contributed by atoms with van der Waals surface area (Å²) in [4.78, 5) is 39.2. The van der Waals surface area contributed by atoms with E-state index in [9.17, 15) is 14.4 Å². The van der Waals surface area contributed by atoms with E-state index in [1.807, 2.05) is 26.0 Å². The summed E-state index contributed by atoms with van der Waals surface area (Å²) in [5, 5.41) is 3.05. The van der Waals surface area contributed by atoms with Gasteiger partial charge in [0.05, 0.1) is 5.69 Å². The summed E-state index contributed by atoms with van der Waals surface area (Å²) in [6.45, 7) is 3.69. The molecule has 9 heteroatoms. The SMILES string of the molecule is Cc1cccc(N(CC(=O)NC2CCCCC2)C(=O)c2snc(C(N)=O)c2N)c1C. The molecule has 160 valence electrons. The van der Waals surface area contributed by atoms with Gasteiger partial charge >= 0.3 is 0 Å². The number of carbonyl (C=O) groups is 3. The van der Waals surface area contributed by atoms with E-state index in [1.165, 1.54) is 11.3 Å². The Hall–Kier alpha value is -2.94. The molecule has 1 aliphatic rings. The van der Waals surface area contributed by atoms with E-state index in [4.69, 9.17) is 11.5 Å². The number of benzene rings is 1. The molecule has 3 rings (SSSR count). The Morgan fingerprint density at radius 2 is 1.90 bits per heavy atom. The molecule has 1 fully saturated rings. The molecule has 1 heterocycles. The minimum atomic E-state index is -0.795. The molecule has 5 N–H and O–H groups in total. The molecule has 0 radical (unpaired) electrons. The zero-order chi connectivity index (χ0) is 21.8. The lowest BCUT2D eigenvalue weighted by atomic mass is 9.95. The Morgan fingerprint density at radius 3 is 2.53 bits per heavy atom. The number of nitrogens with zero attached hydrogens (tertiary/aromatic N) is 2. The van der Waals surface area contributed by atoms with Crippen molar-refractivity contribution in [3.8, 4) is 0 Å². The molecule has 0 unspecified atom stereocenters. The maximum Gasteiger partial charge on any atom is 0.272 e. The molecule has 30 heavy (non-hydrogen) atoms. The van der Waals surface area contributed by atoms with Crippen LogP contribution in [0.3, 0.4) is 0 Å². The van der Waals surface area contributed by atoms with E-state index in [2.05, 4.69) is 9.69 Å². The number of primary amides is 1. The van der Waals surface area contributed by atoms with Gasteiger partial charge in [-0.3, -0.25) is 19.3 Å². The first kappa shape index (κ1) is 21.8. The number of nitrogens with two attached hydrogens (primary N) is 2. The number of carbonyl (C=O) groups excluding carboxylic acids is 3. The van der Waals surface area contributed by atoms with E-state index in [0.29, 0.717) is 5.69 Å². The Bertz CT molecular complexity index is 966. The first-order valence-corrected chi connectivity index (χ1v) is 10.8. The second-order valence-corrected chi connectivity index (χ2v) is 8.42. The van der Waals surface area contributed by atoms with Crippen LogP contribution in [0.5, 0.6) is 0 Å². The van der Waals surface area contributed by atoms with Crippen LogP contribution >= 0.6 is 11.5 Å². The van der Waals surface area contributed by atoms with Gasteiger partial charge in [-0.1, -0.05) is 31.4 Å². The van der Waals surface area contributed by atoms with Crippen molar-refractivity contribution in [3.63, 3.8) is 0 Å². The highest BCUT2D eigenvalue weighted by molar-refractivity contribution is 7.09. The number of hydrogen-bond acceptors (Lipinski definition) is 6. The Balaban J connectivity index is 1.91. The number of aryl methyl sites for hydroxylation is 1. The van der Waals surface area contributed by atoms with Gasteiger partial charge in [0.15, 0.2) is 5.69 Å². The molecule has 1 aromatic carbocycles. The molecule has 0 spiro atoms. The second-order valence-electron chi connectivity index (χ2n) is 7.65. The van der Waals surface area contributed by atoms with Crippen molar-refractivity contribution in [2.75, 3.05) is 17.2 Å². The van der Waals surface area contributed by atoms with Gasteiger partial charge < -0.3 is 16.8 Å². The van der Waals surface area contributed by atoms with Gasteiger partial charge in [-0.25, -0.2) is 0 Å². The average molecular weight is 430 g/mol. The fraction of sp³-hybridized carbons (Fsp3) is 0.429. The highest BCUT2D eigenvalue weighted by atomic mass is 32.1. The average Bonchev–Trinajstić information content (AvgIpc) is 3.10. The highest BCUT2D eigenvalue weighted by Crippen LogP contribution is 2.29. The smallest absolute Gasteiger partial charge is 0.272 e. The molecule has 0 saturated heterocycles. The number of nitrogen functional groups attached to an aromatic ring is 1. The summed E-state index contributed by atoms with van der Waals surface area (Å²) in [7, 11) is 0. The predicted molar refractivity (Wildman–Crippen MR) is 118 cm³/mol. The summed E-state index contributed by atoms with van der Waals surface area (Å²) in [5.41, 5.74) is 13.6. The predicted octanol–water partition coefficient (Wildman–Crippen LogP) is 2.54. The number of aromatic nitrogens is 1. The standard InChI is InChI=1S/C21H27N5O3S/c1-12-7-6-10-15(13(12)2)26(11-16(27)24-14-8-4-3-5-9-14)21(29)19-17(22)18(20(23)28)25-30-19/h6-7,10,14H,3-5,8-9,11,22H2,1-2H3,(H2,23,28)(H,24,27).